The normalized spacial score (nSPS) is 28.2. The van der Waals surface area contributed by atoms with Crippen molar-refractivity contribution in [1.29, 1.82) is 0 Å². The van der Waals surface area contributed by atoms with Gasteiger partial charge in [-0.2, -0.15) is 0 Å². The fourth-order valence-corrected chi connectivity index (χ4v) is 4.40. The molecule has 3 unspecified atom stereocenters. The molecule has 1 aliphatic rings. The zero-order valence-corrected chi connectivity index (χ0v) is 14.4. The van der Waals surface area contributed by atoms with E-state index in [2.05, 4.69) is 70.1 Å². The molecule has 1 saturated carbocycles. The van der Waals surface area contributed by atoms with E-state index in [9.17, 15) is 0 Å². The van der Waals surface area contributed by atoms with Gasteiger partial charge in [0, 0.05) is 15.0 Å². The van der Waals surface area contributed by atoms with Gasteiger partial charge in [-0.15, -0.1) is 0 Å². The Balaban J connectivity index is 2.18. The molecule has 0 aromatic heterocycles. The minimum Gasteiger partial charge on any atom is -0.380 e. The average Bonchev–Trinajstić information content (AvgIpc) is 2.28. The fraction of sp³-hybridized carbons (Fsp3) is 0.600. The standard InChI is InChI=1S/C15H21Br2N/c1-9-4-5-11(3)14(8-9)18-15-12(16)6-10(2)7-13(15)17/h6-7,9,11,14,18H,4-5,8H2,1-3H3. The molecule has 3 heteroatoms. The summed E-state index contributed by atoms with van der Waals surface area (Å²) in [5.74, 6) is 1.59. The molecule has 0 spiro atoms. The van der Waals surface area contributed by atoms with Crippen LogP contribution in [0.5, 0.6) is 0 Å². The van der Waals surface area contributed by atoms with Crippen molar-refractivity contribution in [3.63, 3.8) is 0 Å². The summed E-state index contributed by atoms with van der Waals surface area (Å²) in [6.45, 7) is 6.84. The summed E-state index contributed by atoms with van der Waals surface area (Å²) in [6.07, 6.45) is 3.98. The Hall–Kier alpha value is -0.0200. The van der Waals surface area contributed by atoms with Gasteiger partial charge in [0.1, 0.15) is 0 Å². The Kier molecular flexibility index (Phi) is 4.76. The summed E-state index contributed by atoms with van der Waals surface area (Å²) in [5, 5.41) is 3.73. The van der Waals surface area contributed by atoms with Gasteiger partial charge in [-0.05, 0) is 81.2 Å². The minimum absolute atomic E-state index is 0.587. The molecule has 0 radical (unpaired) electrons. The highest BCUT2D eigenvalue weighted by molar-refractivity contribution is 9.11. The lowest BCUT2D eigenvalue weighted by Gasteiger charge is -2.34. The van der Waals surface area contributed by atoms with Gasteiger partial charge in [0.25, 0.3) is 0 Å². The van der Waals surface area contributed by atoms with E-state index in [0.717, 1.165) is 20.8 Å². The first kappa shape index (κ1) is 14.4. The van der Waals surface area contributed by atoms with E-state index < -0.39 is 0 Å². The van der Waals surface area contributed by atoms with Crippen molar-refractivity contribution >= 4 is 37.5 Å². The van der Waals surface area contributed by atoms with E-state index >= 15 is 0 Å². The maximum Gasteiger partial charge on any atom is 0.0631 e. The number of hydrogen-bond acceptors (Lipinski definition) is 1. The Morgan fingerprint density at radius 1 is 1.11 bits per heavy atom. The van der Waals surface area contributed by atoms with Gasteiger partial charge in [0.15, 0.2) is 0 Å². The molecular formula is C15H21Br2N. The Labute approximate surface area is 127 Å². The molecular weight excluding hydrogens is 354 g/mol. The molecule has 1 aromatic rings. The van der Waals surface area contributed by atoms with E-state index in [1.807, 2.05) is 0 Å². The first-order valence-corrected chi connectivity index (χ1v) is 8.28. The van der Waals surface area contributed by atoms with Gasteiger partial charge in [-0.25, -0.2) is 0 Å². The third-order valence-electron chi connectivity index (χ3n) is 3.97. The second kappa shape index (κ2) is 5.96. The predicted octanol–water partition coefficient (Wildman–Crippen LogP) is 5.76. The predicted molar refractivity (Wildman–Crippen MR) is 86.2 cm³/mol. The van der Waals surface area contributed by atoms with E-state index in [1.165, 1.54) is 30.5 Å². The summed E-state index contributed by atoms with van der Waals surface area (Å²) in [6, 6.07) is 4.93. The molecule has 1 aliphatic carbocycles. The number of anilines is 1. The number of hydrogen-bond donors (Lipinski definition) is 1. The monoisotopic (exact) mass is 373 g/mol. The van der Waals surface area contributed by atoms with Crippen molar-refractivity contribution in [2.45, 2.75) is 46.1 Å². The molecule has 1 N–H and O–H groups in total. The van der Waals surface area contributed by atoms with Crippen molar-refractivity contribution in [1.82, 2.24) is 0 Å². The topological polar surface area (TPSA) is 12.0 Å². The van der Waals surface area contributed by atoms with Crippen LogP contribution in [0.2, 0.25) is 0 Å². The number of rotatable bonds is 2. The van der Waals surface area contributed by atoms with Crippen LogP contribution < -0.4 is 5.32 Å². The number of aryl methyl sites for hydroxylation is 1. The van der Waals surface area contributed by atoms with E-state index in [1.54, 1.807) is 0 Å². The first-order valence-electron chi connectivity index (χ1n) is 6.69. The van der Waals surface area contributed by atoms with Crippen LogP contribution in [0, 0.1) is 18.8 Å². The highest BCUT2D eigenvalue weighted by Gasteiger charge is 2.26. The molecule has 100 valence electrons. The molecule has 0 amide bonds. The second-order valence-electron chi connectivity index (χ2n) is 5.75. The highest BCUT2D eigenvalue weighted by Crippen LogP contribution is 2.36. The lowest BCUT2D eigenvalue weighted by Crippen LogP contribution is -2.33. The average molecular weight is 375 g/mol. The Morgan fingerprint density at radius 3 is 2.33 bits per heavy atom. The van der Waals surface area contributed by atoms with E-state index in [4.69, 9.17) is 0 Å². The van der Waals surface area contributed by atoms with Crippen LogP contribution in [0.4, 0.5) is 5.69 Å². The zero-order valence-electron chi connectivity index (χ0n) is 11.3. The van der Waals surface area contributed by atoms with Gasteiger partial charge in [-0.3, -0.25) is 0 Å². The molecule has 2 rings (SSSR count). The molecule has 1 aromatic carbocycles. The van der Waals surface area contributed by atoms with Gasteiger partial charge in [-0.1, -0.05) is 20.3 Å². The van der Waals surface area contributed by atoms with E-state index in [-0.39, 0.29) is 0 Å². The fourth-order valence-electron chi connectivity index (χ4n) is 2.76. The summed E-state index contributed by atoms with van der Waals surface area (Å²) in [5.41, 5.74) is 2.47. The maximum atomic E-state index is 3.73. The minimum atomic E-state index is 0.587. The van der Waals surface area contributed by atoms with Crippen LogP contribution in [-0.2, 0) is 0 Å². The highest BCUT2D eigenvalue weighted by atomic mass is 79.9. The molecule has 0 aliphatic heterocycles. The van der Waals surface area contributed by atoms with E-state index in [0.29, 0.717) is 6.04 Å². The second-order valence-corrected chi connectivity index (χ2v) is 7.46. The molecule has 1 nitrogen and oxygen atoms in total. The zero-order chi connectivity index (χ0) is 13.3. The Bertz CT molecular complexity index is 407. The SMILES string of the molecule is Cc1cc(Br)c(NC2CC(C)CCC2C)c(Br)c1. The van der Waals surface area contributed by atoms with Crippen LogP contribution in [0.1, 0.15) is 38.7 Å². The number of benzene rings is 1. The van der Waals surface area contributed by atoms with Gasteiger partial charge >= 0.3 is 0 Å². The van der Waals surface area contributed by atoms with Crippen LogP contribution in [0.25, 0.3) is 0 Å². The van der Waals surface area contributed by atoms with Gasteiger partial charge < -0.3 is 5.32 Å². The molecule has 0 bridgehead atoms. The van der Waals surface area contributed by atoms with Crippen molar-refractivity contribution in [2.75, 3.05) is 5.32 Å². The number of halogens is 2. The largest absolute Gasteiger partial charge is 0.380 e. The third kappa shape index (κ3) is 3.30. The van der Waals surface area contributed by atoms with Crippen molar-refractivity contribution in [3.8, 4) is 0 Å². The smallest absolute Gasteiger partial charge is 0.0631 e. The molecule has 0 heterocycles. The van der Waals surface area contributed by atoms with Crippen LogP contribution in [-0.4, -0.2) is 6.04 Å². The third-order valence-corrected chi connectivity index (χ3v) is 5.23. The summed E-state index contributed by atoms with van der Waals surface area (Å²) >= 11 is 7.33. The van der Waals surface area contributed by atoms with Gasteiger partial charge in [0.2, 0.25) is 0 Å². The maximum absolute atomic E-state index is 3.73. The Morgan fingerprint density at radius 2 is 1.72 bits per heavy atom. The van der Waals surface area contributed by atoms with Crippen LogP contribution in [0.3, 0.4) is 0 Å². The van der Waals surface area contributed by atoms with Crippen LogP contribution >= 0.6 is 31.9 Å². The molecule has 0 saturated heterocycles. The van der Waals surface area contributed by atoms with Crippen LogP contribution in [0.15, 0.2) is 21.1 Å². The quantitative estimate of drug-likeness (QED) is 0.694. The first-order chi connectivity index (χ1) is 8.47. The lowest BCUT2D eigenvalue weighted by molar-refractivity contribution is 0.280. The molecule has 18 heavy (non-hydrogen) atoms. The lowest BCUT2D eigenvalue weighted by atomic mass is 9.80. The summed E-state index contributed by atoms with van der Waals surface area (Å²) in [4.78, 5) is 0. The molecule has 1 fully saturated rings. The number of nitrogens with one attached hydrogen (secondary N) is 1. The van der Waals surface area contributed by atoms with Crippen molar-refractivity contribution < 1.29 is 0 Å². The van der Waals surface area contributed by atoms with Gasteiger partial charge in [0.05, 0.1) is 5.69 Å². The summed E-state index contributed by atoms with van der Waals surface area (Å²) in [7, 11) is 0. The van der Waals surface area contributed by atoms with Crippen molar-refractivity contribution in [2.24, 2.45) is 11.8 Å². The molecule has 3 atom stereocenters. The van der Waals surface area contributed by atoms with Crippen molar-refractivity contribution in [3.05, 3.63) is 26.6 Å². The summed E-state index contributed by atoms with van der Waals surface area (Å²) < 4.78 is 2.31.